The van der Waals surface area contributed by atoms with E-state index in [0.717, 1.165) is 60.5 Å². The highest BCUT2D eigenvalue weighted by Gasteiger charge is 2.21. The molecule has 54 heavy (non-hydrogen) atoms. The summed E-state index contributed by atoms with van der Waals surface area (Å²) in [6, 6.07) is 61.5. The number of fused-ring (bicyclic) bond motifs is 8. The van der Waals surface area contributed by atoms with E-state index in [0.29, 0.717) is 17.5 Å². The molecule has 11 rings (SSSR count). The molecule has 0 N–H and O–H groups in total. The summed E-state index contributed by atoms with van der Waals surface area (Å²) >= 11 is 1.85. The van der Waals surface area contributed by atoms with Crippen molar-refractivity contribution in [2.24, 2.45) is 0 Å². The van der Waals surface area contributed by atoms with Gasteiger partial charge in [0.05, 0.1) is 0 Å². The highest BCUT2D eigenvalue weighted by Crippen LogP contribution is 2.45. The van der Waals surface area contributed by atoms with Crippen LogP contribution in [0.5, 0.6) is 0 Å². The third kappa shape index (κ3) is 4.94. The molecule has 0 saturated carbocycles. The lowest BCUT2D eigenvalue weighted by atomic mass is 9.93. The lowest BCUT2D eigenvalue weighted by Gasteiger charge is -2.11. The monoisotopic (exact) mass is 707 g/mol. The normalized spacial score (nSPS) is 11.7. The Morgan fingerprint density at radius 1 is 0.352 bits per heavy atom. The van der Waals surface area contributed by atoms with Crippen LogP contribution < -0.4 is 0 Å². The Kier molecular flexibility index (Phi) is 7.00. The van der Waals surface area contributed by atoms with E-state index in [-0.39, 0.29) is 0 Å². The van der Waals surface area contributed by atoms with Crippen LogP contribution in [0.15, 0.2) is 180 Å². The maximum atomic E-state index is 6.76. The number of aromatic nitrogens is 3. The highest BCUT2D eigenvalue weighted by molar-refractivity contribution is 7.25. The van der Waals surface area contributed by atoms with E-state index in [4.69, 9.17) is 19.4 Å². The Morgan fingerprint density at radius 3 is 1.61 bits per heavy atom. The summed E-state index contributed by atoms with van der Waals surface area (Å²) in [5.41, 5.74) is 9.16. The van der Waals surface area contributed by atoms with Gasteiger partial charge in [0.2, 0.25) is 0 Å². The quantitative estimate of drug-likeness (QED) is 0.179. The Labute approximate surface area is 314 Å². The lowest BCUT2D eigenvalue weighted by molar-refractivity contribution is 0.673. The summed E-state index contributed by atoms with van der Waals surface area (Å²) in [4.78, 5) is 15.2. The van der Waals surface area contributed by atoms with Crippen molar-refractivity contribution in [3.05, 3.63) is 176 Å². The van der Waals surface area contributed by atoms with Crippen LogP contribution in [0.1, 0.15) is 0 Å². The minimum Gasteiger partial charge on any atom is -0.455 e. The second kappa shape index (κ2) is 12.3. The molecule has 0 fully saturated rings. The Bertz CT molecular complexity index is 3160. The maximum absolute atomic E-state index is 6.76. The van der Waals surface area contributed by atoms with Gasteiger partial charge in [-0.1, -0.05) is 146 Å². The molecule has 0 atom stereocenters. The average Bonchev–Trinajstić information content (AvgIpc) is 3.83. The Balaban J connectivity index is 1.15. The zero-order valence-electron chi connectivity index (χ0n) is 28.9. The maximum Gasteiger partial charge on any atom is 0.164 e. The van der Waals surface area contributed by atoms with Gasteiger partial charge in [-0.05, 0) is 58.0 Å². The first kappa shape index (κ1) is 30.7. The fourth-order valence-corrected chi connectivity index (χ4v) is 9.00. The number of thiophene rings is 1. The van der Waals surface area contributed by atoms with E-state index in [1.807, 2.05) is 72.0 Å². The van der Waals surface area contributed by atoms with E-state index >= 15 is 0 Å². The van der Waals surface area contributed by atoms with Crippen LogP contribution in [0.2, 0.25) is 0 Å². The van der Waals surface area contributed by atoms with Gasteiger partial charge in [-0.25, -0.2) is 15.0 Å². The molecule has 0 unspecified atom stereocenters. The minimum absolute atomic E-state index is 0.616. The van der Waals surface area contributed by atoms with Crippen LogP contribution in [0.25, 0.3) is 109 Å². The average molecular weight is 708 g/mol. The molecule has 0 amide bonds. The van der Waals surface area contributed by atoms with Gasteiger partial charge in [-0.2, -0.15) is 0 Å². The summed E-state index contributed by atoms with van der Waals surface area (Å²) in [6.07, 6.45) is 0. The van der Waals surface area contributed by atoms with Gasteiger partial charge in [0.25, 0.3) is 0 Å². The van der Waals surface area contributed by atoms with E-state index in [2.05, 4.69) is 115 Å². The zero-order valence-corrected chi connectivity index (χ0v) is 29.7. The third-order valence-corrected chi connectivity index (χ3v) is 11.5. The van der Waals surface area contributed by atoms with Crippen LogP contribution in [0.4, 0.5) is 0 Å². The molecular formula is C49H29N3OS. The predicted octanol–water partition coefficient (Wildman–Crippen LogP) is 13.6. The predicted molar refractivity (Wildman–Crippen MR) is 225 cm³/mol. The van der Waals surface area contributed by atoms with Gasteiger partial charge in [0, 0.05) is 53.0 Å². The largest absolute Gasteiger partial charge is 0.455 e. The van der Waals surface area contributed by atoms with E-state index in [1.54, 1.807) is 0 Å². The van der Waals surface area contributed by atoms with Gasteiger partial charge in [0.15, 0.2) is 17.5 Å². The van der Waals surface area contributed by atoms with Crippen molar-refractivity contribution in [2.75, 3.05) is 0 Å². The topological polar surface area (TPSA) is 51.8 Å². The molecule has 5 heteroatoms. The van der Waals surface area contributed by atoms with E-state index in [9.17, 15) is 0 Å². The summed E-state index contributed by atoms with van der Waals surface area (Å²) in [6.45, 7) is 0. The van der Waals surface area contributed by atoms with Crippen molar-refractivity contribution >= 4 is 64.2 Å². The molecule has 3 heterocycles. The van der Waals surface area contributed by atoms with Gasteiger partial charge in [-0.3, -0.25) is 0 Å². The Morgan fingerprint density at radius 2 is 0.889 bits per heavy atom. The van der Waals surface area contributed by atoms with Gasteiger partial charge in [0.1, 0.15) is 11.2 Å². The SMILES string of the molecule is c1ccc(-c2nc(-c3ccccc3)nc(-c3cc4c(oc5cccc(-c6cccc(-c7cccc8sc9ccccc9c78)c6)c54)c4ccccc34)n2)cc1. The first-order chi connectivity index (χ1) is 26.8. The molecule has 3 aromatic heterocycles. The molecule has 11 aromatic rings. The second-order valence-electron chi connectivity index (χ2n) is 13.5. The standard InChI is InChI=1S/C49H29N3OS/c1-3-14-30(15-4-1)47-50-48(31-16-5-2-6-17-31)52-49(51-47)39-29-40-44-34(23-12-25-41(44)53-46(40)37-21-8-7-20-36(37)39)32-18-11-19-33(28-32)35-24-13-27-43-45(35)38-22-9-10-26-42(38)54-43/h1-29H. The summed E-state index contributed by atoms with van der Waals surface area (Å²) in [5.74, 6) is 1.88. The molecule has 8 aromatic carbocycles. The van der Waals surface area contributed by atoms with Crippen molar-refractivity contribution in [1.82, 2.24) is 15.0 Å². The van der Waals surface area contributed by atoms with E-state index in [1.165, 1.54) is 31.3 Å². The molecule has 0 bridgehead atoms. The van der Waals surface area contributed by atoms with Gasteiger partial charge in [-0.15, -0.1) is 11.3 Å². The second-order valence-corrected chi connectivity index (χ2v) is 14.6. The summed E-state index contributed by atoms with van der Waals surface area (Å²) in [7, 11) is 0. The third-order valence-electron chi connectivity index (χ3n) is 10.3. The van der Waals surface area contributed by atoms with Crippen LogP contribution in [-0.4, -0.2) is 15.0 Å². The molecule has 0 aliphatic rings. The fourth-order valence-electron chi connectivity index (χ4n) is 7.87. The number of furan rings is 1. The first-order valence-electron chi connectivity index (χ1n) is 18.0. The van der Waals surface area contributed by atoms with Crippen molar-refractivity contribution in [3.63, 3.8) is 0 Å². The molecule has 252 valence electrons. The van der Waals surface area contributed by atoms with Gasteiger partial charge >= 0.3 is 0 Å². The van der Waals surface area contributed by atoms with Crippen molar-refractivity contribution in [1.29, 1.82) is 0 Å². The number of nitrogens with zero attached hydrogens (tertiary/aromatic N) is 3. The number of benzene rings is 8. The lowest BCUT2D eigenvalue weighted by Crippen LogP contribution is -2.00. The number of hydrogen-bond acceptors (Lipinski definition) is 5. The van der Waals surface area contributed by atoms with Crippen LogP contribution in [0.3, 0.4) is 0 Å². The number of hydrogen-bond donors (Lipinski definition) is 0. The van der Waals surface area contributed by atoms with E-state index < -0.39 is 0 Å². The minimum atomic E-state index is 0.616. The van der Waals surface area contributed by atoms with Crippen molar-refractivity contribution in [2.45, 2.75) is 0 Å². The molecule has 0 aliphatic carbocycles. The summed E-state index contributed by atoms with van der Waals surface area (Å²) < 4.78 is 9.36. The van der Waals surface area contributed by atoms with Crippen LogP contribution in [-0.2, 0) is 0 Å². The zero-order chi connectivity index (χ0) is 35.6. The van der Waals surface area contributed by atoms with Crippen LogP contribution >= 0.6 is 11.3 Å². The smallest absolute Gasteiger partial charge is 0.164 e. The molecule has 0 spiro atoms. The first-order valence-corrected chi connectivity index (χ1v) is 18.8. The fraction of sp³-hybridized carbons (Fsp3) is 0. The summed E-state index contributed by atoms with van der Waals surface area (Å²) in [5, 5.41) is 6.73. The van der Waals surface area contributed by atoms with Crippen molar-refractivity contribution < 1.29 is 4.42 Å². The van der Waals surface area contributed by atoms with Crippen LogP contribution in [0, 0.1) is 0 Å². The molecule has 4 nitrogen and oxygen atoms in total. The van der Waals surface area contributed by atoms with Gasteiger partial charge < -0.3 is 4.42 Å². The Hall–Kier alpha value is -6.95. The number of rotatable bonds is 5. The highest BCUT2D eigenvalue weighted by atomic mass is 32.1. The molecule has 0 radical (unpaired) electrons. The van der Waals surface area contributed by atoms with Crippen molar-refractivity contribution in [3.8, 4) is 56.4 Å². The molecular weight excluding hydrogens is 679 g/mol. The molecule has 0 aliphatic heterocycles. The molecule has 0 saturated heterocycles.